The number of nitrogen functional groups attached to an aromatic ring is 1. The maximum Gasteiger partial charge on any atom is 0.278 e. The lowest BCUT2D eigenvalue weighted by Gasteiger charge is -2.10. The number of H-pyrrole nitrogens is 1. The Morgan fingerprint density at radius 1 is 1.19 bits per heavy atom. The number of hydrogen-bond donors (Lipinski definition) is 2. The molecule has 0 fully saturated rings. The molecule has 6 heteroatoms. The minimum Gasteiger partial charge on any atom is -0.382 e. The fraction of sp³-hybridized carbons (Fsp3) is 0.333. The Bertz CT molecular complexity index is 626. The number of nitrogens with two attached hydrogens (primary N) is 1. The molecule has 0 aliphatic carbocycles. The zero-order chi connectivity index (χ0) is 15.1. The second-order valence-corrected chi connectivity index (χ2v) is 4.50. The molecule has 0 aliphatic rings. The van der Waals surface area contributed by atoms with E-state index in [0.29, 0.717) is 37.5 Å². The summed E-state index contributed by atoms with van der Waals surface area (Å²) in [7, 11) is 1.62. The summed E-state index contributed by atoms with van der Waals surface area (Å²) in [6, 6.07) is 9.56. The first kappa shape index (κ1) is 15.2. The molecule has 0 spiro atoms. The third-order valence-electron chi connectivity index (χ3n) is 3.03. The number of aromatic nitrogens is 2. The smallest absolute Gasteiger partial charge is 0.278 e. The van der Waals surface area contributed by atoms with E-state index in [-0.39, 0.29) is 11.5 Å². The first-order valence-corrected chi connectivity index (χ1v) is 6.73. The van der Waals surface area contributed by atoms with Crippen LogP contribution in [0.2, 0.25) is 0 Å². The lowest BCUT2D eigenvalue weighted by atomic mass is 10.1. The first-order chi connectivity index (χ1) is 10.2. The molecule has 0 saturated carbocycles. The molecule has 0 atom stereocenters. The maximum atomic E-state index is 12.1. The van der Waals surface area contributed by atoms with Gasteiger partial charge in [0.15, 0.2) is 0 Å². The molecular weight excluding hydrogens is 270 g/mol. The molecule has 0 saturated heterocycles. The highest BCUT2D eigenvalue weighted by Crippen LogP contribution is 2.19. The minimum atomic E-state index is -0.319. The Kier molecular flexibility index (Phi) is 5.48. The lowest BCUT2D eigenvalue weighted by molar-refractivity contribution is 0.0722. The standard InChI is InChI=1S/C15H19N3O3/c1-20-9-10-21-8-7-12-13(11-5-3-2-4-6-11)17-15(16)18-14(12)19/h2-6H,7-10H2,1H3,(H3,16,17,18,19). The number of aromatic amines is 1. The third kappa shape index (κ3) is 4.14. The predicted molar refractivity (Wildman–Crippen MR) is 81.1 cm³/mol. The Labute approximate surface area is 122 Å². The number of nitrogens with zero attached hydrogens (tertiary/aromatic N) is 1. The molecule has 112 valence electrons. The number of hydrogen-bond acceptors (Lipinski definition) is 5. The highest BCUT2D eigenvalue weighted by molar-refractivity contribution is 5.63. The zero-order valence-corrected chi connectivity index (χ0v) is 12.0. The Hall–Kier alpha value is -2.18. The van der Waals surface area contributed by atoms with Crippen molar-refractivity contribution < 1.29 is 9.47 Å². The predicted octanol–water partition coefficient (Wildman–Crippen LogP) is 1.22. The van der Waals surface area contributed by atoms with Crippen LogP contribution >= 0.6 is 0 Å². The van der Waals surface area contributed by atoms with E-state index in [1.807, 2.05) is 30.3 Å². The second kappa shape index (κ2) is 7.56. The molecule has 1 aromatic carbocycles. The van der Waals surface area contributed by atoms with E-state index in [1.165, 1.54) is 0 Å². The van der Waals surface area contributed by atoms with Crippen molar-refractivity contribution in [1.82, 2.24) is 9.97 Å². The van der Waals surface area contributed by atoms with Gasteiger partial charge in [-0.15, -0.1) is 0 Å². The minimum absolute atomic E-state index is 0.114. The Morgan fingerprint density at radius 2 is 1.95 bits per heavy atom. The highest BCUT2D eigenvalue weighted by atomic mass is 16.5. The van der Waals surface area contributed by atoms with E-state index in [1.54, 1.807) is 7.11 Å². The van der Waals surface area contributed by atoms with Crippen LogP contribution in [-0.4, -0.2) is 36.9 Å². The first-order valence-electron chi connectivity index (χ1n) is 6.73. The topological polar surface area (TPSA) is 90.2 Å². The molecule has 1 heterocycles. The molecular formula is C15H19N3O3. The van der Waals surface area contributed by atoms with Crippen molar-refractivity contribution in [3.05, 3.63) is 46.2 Å². The van der Waals surface area contributed by atoms with Crippen LogP contribution in [0.3, 0.4) is 0 Å². The number of benzene rings is 1. The monoisotopic (exact) mass is 289 g/mol. The van der Waals surface area contributed by atoms with Crippen LogP contribution in [0.15, 0.2) is 35.1 Å². The van der Waals surface area contributed by atoms with Gasteiger partial charge in [0.25, 0.3) is 5.56 Å². The van der Waals surface area contributed by atoms with Crippen molar-refractivity contribution in [3.63, 3.8) is 0 Å². The van der Waals surface area contributed by atoms with Gasteiger partial charge in [0.2, 0.25) is 5.95 Å². The summed E-state index contributed by atoms with van der Waals surface area (Å²) < 4.78 is 10.3. The molecule has 0 bridgehead atoms. The average molecular weight is 289 g/mol. The summed E-state index contributed by atoms with van der Waals surface area (Å²) in [4.78, 5) is 18.8. The summed E-state index contributed by atoms with van der Waals surface area (Å²) in [5, 5.41) is 0. The van der Waals surface area contributed by atoms with Crippen molar-refractivity contribution in [2.24, 2.45) is 0 Å². The fourth-order valence-electron chi connectivity index (χ4n) is 2.02. The molecule has 0 aliphatic heterocycles. The summed E-state index contributed by atoms with van der Waals surface area (Å²) >= 11 is 0. The zero-order valence-electron chi connectivity index (χ0n) is 12.0. The van der Waals surface area contributed by atoms with Gasteiger partial charge in [0, 0.05) is 19.1 Å². The van der Waals surface area contributed by atoms with Gasteiger partial charge in [-0.3, -0.25) is 4.79 Å². The third-order valence-corrected chi connectivity index (χ3v) is 3.03. The van der Waals surface area contributed by atoms with Crippen LogP contribution in [-0.2, 0) is 15.9 Å². The fourth-order valence-corrected chi connectivity index (χ4v) is 2.02. The van der Waals surface area contributed by atoms with Crippen LogP contribution in [0.5, 0.6) is 0 Å². The normalized spacial score (nSPS) is 10.7. The van der Waals surface area contributed by atoms with Gasteiger partial charge in [-0.25, -0.2) is 0 Å². The highest BCUT2D eigenvalue weighted by Gasteiger charge is 2.11. The van der Waals surface area contributed by atoms with Gasteiger partial charge in [-0.2, -0.15) is 4.98 Å². The number of ether oxygens (including phenoxy) is 2. The maximum absolute atomic E-state index is 12.1. The van der Waals surface area contributed by atoms with E-state index in [4.69, 9.17) is 15.2 Å². The van der Waals surface area contributed by atoms with Crippen molar-refractivity contribution in [3.8, 4) is 11.3 Å². The van der Waals surface area contributed by atoms with Crippen LogP contribution < -0.4 is 11.3 Å². The van der Waals surface area contributed by atoms with Crippen LogP contribution in [0.1, 0.15) is 5.56 Å². The van der Waals surface area contributed by atoms with Crippen LogP contribution in [0, 0.1) is 0 Å². The van der Waals surface area contributed by atoms with Gasteiger partial charge in [0.05, 0.1) is 25.5 Å². The quantitative estimate of drug-likeness (QED) is 0.748. The number of nitrogens with one attached hydrogen (secondary N) is 1. The Morgan fingerprint density at radius 3 is 2.67 bits per heavy atom. The SMILES string of the molecule is COCCOCCc1c(-c2ccccc2)[nH]c(N)nc1=O. The van der Waals surface area contributed by atoms with Gasteiger partial charge in [-0.05, 0) is 5.56 Å². The number of rotatable bonds is 7. The summed E-state index contributed by atoms with van der Waals surface area (Å²) in [5.41, 5.74) is 7.50. The second-order valence-electron chi connectivity index (χ2n) is 4.50. The van der Waals surface area contributed by atoms with Crippen molar-refractivity contribution >= 4 is 5.95 Å². The van der Waals surface area contributed by atoms with Gasteiger partial charge in [0.1, 0.15) is 0 Å². The number of anilines is 1. The van der Waals surface area contributed by atoms with E-state index < -0.39 is 0 Å². The molecule has 0 radical (unpaired) electrons. The van der Waals surface area contributed by atoms with Crippen LogP contribution in [0.25, 0.3) is 11.3 Å². The largest absolute Gasteiger partial charge is 0.382 e. The van der Waals surface area contributed by atoms with Crippen LogP contribution in [0.4, 0.5) is 5.95 Å². The van der Waals surface area contributed by atoms with E-state index in [0.717, 1.165) is 5.56 Å². The van der Waals surface area contributed by atoms with E-state index >= 15 is 0 Å². The molecule has 3 N–H and O–H groups in total. The molecule has 0 amide bonds. The van der Waals surface area contributed by atoms with E-state index in [2.05, 4.69) is 9.97 Å². The van der Waals surface area contributed by atoms with Gasteiger partial charge < -0.3 is 20.2 Å². The van der Waals surface area contributed by atoms with E-state index in [9.17, 15) is 4.79 Å². The Balaban J connectivity index is 2.21. The summed E-state index contributed by atoms with van der Waals surface area (Å²) in [6.07, 6.45) is 0.469. The molecule has 6 nitrogen and oxygen atoms in total. The molecule has 21 heavy (non-hydrogen) atoms. The molecule has 2 aromatic rings. The van der Waals surface area contributed by atoms with Crippen molar-refractivity contribution in [1.29, 1.82) is 0 Å². The molecule has 1 aromatic heterocycles. The molecule has 0 unspecified atom stereocenters. The average Bonchev–Trinajstić information content (AvgIpc) is 2.49. The number of methoxy groups -OCH3 is 1. The summed E-state index contributed by atoms with van der Waals surface area (Å²) in [5.74, 6) is 0.114. The lowest BCUT2D eigenvalue weighted by Crippen LogP contribution is -2.20. The van der Waals surface area contributed by atoms with Gasteiger partial charge in [-0.1, -0.05) is 30.3 Å². The van der Waals surface area contributed by atoms with Gasteiger partial charge >= 0.3 is 0 Å². The summed E-state index contributed by atoms with van der Waals surface area (Å²) in [6.45, 7) is 1.46. The van der Waals surface area contributed by atoms with Crippen molar-refractivity contribution in [2.75, 3.05) is 32.7 Å². The molecule has 2 rings (SSSR count). The van der Waals surface area contributed by atoms with Crippen molar-refractivity contribution in [2.45, 2.75) is 6.42 Å².